The average Bonchev–Trinajstić information content (AvgIpc) is 2.21. The fraction of sp³-hybridized carbons (Fsp3) is 0.500. The average molecular weight is 209 g/mol. The van der Waals surface area contributed by atoms with E-state index in [9.17, 15) is 5.11 Å². The Morgan fingerprint density at radius 3 is 2.80 bits per heavy atom. The number of benzene rings is 1. The second-order valence-electron chi connectivity index (χ2n) is 3.70. The lowest BCUT2D eigenvalue weighted by atomic mass is 9.89. The number of aryl methyl sites for hydroxylation is 1. The first kappa shape index (κ1) is 12.0. The lowest BCUT2D eigenvalue weighted by molar-refractivity contribution is 0.159. The van der Waals surface area contributed by atoms with Gasteiger partial charge in [-0.25, -0.2) is 0 Å². The van der Waals surface area contributed by atoms with Crippen LogP contribution in [-0.4, -0.2) is 22.9 Å². The third kappa shape index (κ3) is 3.22. The fourth-order valence-electron chi connectivity index (χ4n) is 1.80. The largest absolute Gasteiger partial charge is 0.398 e. The Morgan fingerprint density at radius 2 is 2.13 bits per heavy atom. The highest BCUT2D eigenvalue weighted by atomic mass is 16.3. The Bertz CT molecular complexity index is 312. The summed E-state index contributed by atoms with van der Waals surface area (Å²) < 4.78 is 0. The van der Waals surface area contributed by atoms with Crippen molar-refractivity contribution in [2.75, 3.05) is 12.3 Å². The van der Waals surface area contributed by atoms with Crippen molar-refractivity contribution >= 4 is 5.69 Å². The molecule has 1 aromatic rings. The molecule has 1 aliphatic rings. The van der Waals surface area contributed by atoms with Crippen molar-refractivity contribution in [3.05, 3.63) is 29.3 Å². The molecule has 0 amide bonds. The van der Waals surface area contributed by atoms with Crippen LogP contribution < -0.4 is 5.73 Å². The lowest BCUT2D eigenvalue weighted by Crippen LogP contribution is -2.19. The third-order valence-electron chi connectivity index (χ3n) is 2.50. The summed E-state index contributed by atoms with van der Waals surface area (Å²) in [5, 5.41) is 17.0. The Balaban J connectivity index is 0.000000337. The first-order valence-corrected chi connectivity index (χ1v) is 5.34. The second kappa shape index (κ2) is 5.73. The summed E-state index contributed by atoms with van der Waals surface area (Å²) in [6.45, 7) is 1.93. The first-order chi connectivity index (χ1) is 7.19. The van der Waals surface area contributed by atoms with Crippen LogP contribution in [0.3, 0.4) is 0 Å². The maximum atomic E-state index is 9.42. The molecule has 84 valence electrons. The van der Waals surface area contributed by atoms with Gasteiger partial charge in [0.15, 0.2) is 0 Å². The topological polar surface area (TPSA) is 66.5 Å². The van der Waals surface area contributed by atoms with E-state index in [4.69, 9.17) is 10.8 Å². The van der Waals surface area contributed by atoms with Gasteiger partial charge in [0.05, 0.1) is 6.10 Å². The molecule has 15 heavy (non-hydrogen) atoms. The Hall–Kier alpha value is -1.06. The number of fused-ring (bicyclic) bond motifs is 1. The van der Waals surface area contributed by atoms with E-state index in [1.807, 2.05) is 12.1 Å². The molecule has 1 atom stereocenters. The van der Waals surface area contributed by atoms with E-state index in [0.29, 0.717) is 0 Å². The molecule has 4 N–H and O–H groups in total. The number of nitrogen functional groups attached to an aromatic ring is 1. The maximum absolute atomic E-state index is 9.42. The fourth-order valence-corrected chi connectivity index (χ4v) is 1.80. The maximum Gasteiger partial charge on any atom is 0.0584 e. The normalized spacial score (nSPS) is 18.7. The molecular formula is C12H19NO2. The molecule has 3 nitrogen and oxygen atoms in total. The van der Waals surface area contributed by atoms with Crippen molar-refractivity contribution in [2.24, 2.45) is 0 Å². The van der Waals surface area contributed by atoms with Gasteiger partial charge in [-0.05, 0) is 37.0 Å². The van der Waals surface area contributed by atoms with Crippen LogP contribution in [0.25, 0.3) is 0 Å². The zero-order valence-electron chi connectivity index (χ0n) is 9.11. The number of hydrogen-bond acceptors (Lipinski definition) is 3. The molecule has 0 saturated carbocycles. The molecule has 0 spiro atoms. The molecule has 0 fully saturated rings. The highest BCUT2D eigenvalue weighted by Crippen LogP contribution is 2.25. The monoisotopic (exact) mass is 209 g/mol. The molecule has 0 saturated heterocycles. The number of anilines is 1. The van der Waals surface area contributed by atoms with E-state index in [1.54, 1.807) is 6.92 Å². The third-order valence-corrected chi connectivity index (χ3v) is 2.50. The molecule has 0 radical (unpaired) electrons. The standard InChI is InChI=1S/C10H13NO.C2H6O/c11-10-3-1-2-7-4-5-8(12)6-9(7)10;1-2-3/h1-3,8,12H,4-6,11H2;3H,2H2,1H3. The summed E-state index contributed by atoms with van der Waals surface area (Å²) in [5.41, 5.74) is 9.07. The Morgan fingerprint density at radius 1 is 1.47 bits per heavy atom. The summed E-state index contributed by atoms with van der Waals surface area (Å²) >= 11 is 0. The van der Waals surface area contributed by atoms with Crippen LogP contribution in [0.5, 0.6) is 0 Å². The predicted octanol–water partition coefficient (Wildman–Crippen LogP) is 1.12. The van der Waals surface area contributed by atoms with Crippen LogP contribution in [-0.2, 0) is 12.8 Å². The minimum Gasteiger partial charge on any atom is -0.398 e. The van der Waals surface area contributed by atoms with Crippen molar-refractivity contribution in [2.45, 2.75) is 32.3 Å². The van der Waals surface area contributed by atoms with Crippen LogP contribution in [0.1, 0.15) is 24.5 Å². The van der Waals surface area contributed by atoms with Crippen molar-refractivity contribution in [1.82, 2.24) is 0 Å². The zero-order valence-corrected chi connectivity index (χ0v) is 9.11. The summed E-state index contributed by atoms with van der Waals surface area (Å²) in [6, 6.07) is 5.97. The molecule has 1 aromatic carbocycles. The second-order valence-corrected chi connectivity index (χ2v) is 3.70. The van der Waals surface area contributed by atoms with E-state index in [1.165, 1.54) is 5.56 Å². The number of aliphatic hydroxyl groups is 2. The van der Waals surface area contributed by atoms with Crippen LogP contribution in [0.2, 0.25) is 0 Å². The summed E-state index contributed by atoms with van der Waals surface area (Å²) in [4.78, 5) is 0. The van der Waals surface area contributed by atoms with E-state index in [-0.39, 0.29) is 12.7 Å². The van der Waals surface area contributed by atoms with E-state index < -0.39 is 0 Å². The van der Waals surface area contributed by atoms with Gasteiger partial charge in [0.1, 0.15) is 0 Å². The number of nitrogens with two attached hydrogens (primary N) is 1. The zero-order chi connectivity index (χ0) is 11.3. The highest BCUT2D eigenvalue weighted by molar-refractivity contribution is 5.52. The van der Waals surface area contributed by atoms with Gasteiger partial charge in [0.2, 0.25) is 0 Å². The molecule has 0 bridgehead atoms. The van der Waals surface area contributed by atoms with Gasteiger partial charge in [-0.3, -0.25) is 0 Å². The molecule has 0 aliphatic heterocycles. The van der Waals surface area contributed by atoms with Crippen molar-refractivity contribution in [1.29, 1.82) is 0 Å². The van der Waals surface area contributed by atoms with Crippen LogP contribution >= 0.6 is 0 Å². The Labute approximate surface area is 90.5 Å². The van der Waals surface area contributed by atoms with Crippen LogP contribution in [0, 0.1) is 0 Å². The van der Waals surface area contributed by atoms with Crippen molar-refractivity contribution in [3.63, 3.8) is 0 Å². The molecule has 2 rings (SSSR count). The Kier molecular flexibility index (Phi) is 4.59. The summed E-state index contributed by atoms with van der Waals surface area (Å²) in [6.07, 6.45) is 2.36. The number of rotatable bonds is 0. The number of hydrogen-bond donors (Lipinski definition) is 3. The van der Waals surface area contributed by atoms with Gasteiger partial charge in [-0.1, -0.05) is 12.1 Å². The molecule has 0 heterocycles. The highest BCUT2D eigenvalue weighted by Gasteiger charge is 2.17. The SMILES string of the molecule is CCO.Nc1cccc2c1CC(O)CC2. The van der Waals surface area contributed by atoms with Crippen LogP contribution in [0.15, 0.2) is 18.2 Å². The lowest BCUT2D eigenvalue weighted by Gasteiger charge is -2.21. The van der Waals surface area contributed by atoms with Gasteiger partial charge in [-0.2, -0.15) is 0 Å². The van der Waals surface area contributed by atoms with Gasteiger partial charge < -0.3 is 15.9 Å². The van der Waals surface area contributed by atoms with Gasteiger partial charge in [0.25, 0.3) is 0 Å². The van der Waals surface area contributed by atoms with E-state index >= 15 is 0 Å². The molecule has 0 aromatic heterocycles. The van der Waals surface area contributed by atoms with Crippen LogP contribution in [0.4, 0.5) is 5.69 Å². The smallest absolute Gasteiger partial charge is 0.0584 e. The number of aliphatic hydroxyl groups excluding tert-OH is 2. The first-order valence-electron chi connectivity index (χ1n) is 5.34. The molecular weight excluding hydrogens is 190 g/mol. The quantitative estimate of drug-likeness (QED) is 0.561. The molecule has 1 unspecified atom stereocenters. The van der Waals surface area contributed by atoms with Gasteiger partial charge in [-0.15, -0.1) is 0 Å². The van der Waals surface area contributed by atoms with Gasteiger partial charge in [0, 0.05) is 18.7 Å². The molecule has 1 aliphatic carbocycles. The summed E-state index contributed by atoms with van der Waals surface area (Å²) in [7, 11) is 0. The minimum atomic E-state index is -0.192. The van der Waals surface area contributed by atoms with E-state index in [0.717, 1.165) is 30.5 Å². The molecule has 3 heteroatoms. The van der Waals surface area contributed by atoms with Crippen molar-refractivity contribution < 1.29 is 10.2 Å². The summed E-state index contributed by atoms with van der Waals surface area (Å²) in [5.74, 6) is 0. The van der Waals surface area contributed by atoms with Gasteiger partial charge >= 0.3 is 0 Å². The predicted molar refractivity (Wildman–Crippen MR) is 61.6 cm³/mol. The van der Waals surface area contributed by atoms with Crippen molar-refractivity contribution in [3.8, 4) is 0 Å². The minimum absolute atomic E-state index is 0.192. The van der Waals surface area contributed by atoms with E-state index in [2.05, 4.69) is 6.07 Å².